The van der Waals surface area contributed by atoms with Gasteiger partial charge >= 0.3 is 5.97 Å². The summed E-state index contributed by atoms with van der Waals surface area (Å²) in [6, 6.07) is 11.8. The van der Waals surface area contributed by atoms with Gasteiger partial charge in [0.2, 0.25) is 0 Å². The second-order valence-electron chi connectivity index (χ2n) is 3.97. The lowest BCUT2D eigenvalue weighted by Crippen LogP contribution is -2.21. The summed E-state index contributed by atoms with van der Waals surface area (Å²) in [5.74, 6) is -1.06. The van der Waals surface area contributed by atoms with Crippen molar-refractivity contribution in [1.82, 2.24) is 4.98 Å². The maximum atomic E-state index is 11.9. The molecule has 0 atom stereocenters. The highest BCUT2D eigenvalue weighted by molar-refractivity contribution is 5.89. The number of halogens is 2. The molecule has 4 nitrogen and oxygen atoms in total. The van der Waals surface area contributed by atoms with E-state index in [9.17, 15) is 18.4 Å². The Labute approximate surface area is 113 Å². The van der Waals surface area contributed by atoms with Crippen molar-refractivity contribution >= 4 is 5.97 Å². The van der Waals surface area contributed by atoms with E-state index in [0.29, 0.717) is 5.69 Å². The van der Waals surface area contributed by atoms with Gasteiger partial charge in [0.25, 0.3) is 12.0 Å². The first-order valence-corrected chi connectivity index (χ1v) is 5.82. The van der Waals surface area contributed by atoms with Crippen LogP contribution in [0.15, 0.2) is 47.3 Å². The van der Waals surface area contributed by atoms with Crippen molar-refractivity contribution in [2.45, 2.75) is 6.43 Å². The molecule has 1 N–H and O–H groups in total. The fraction of sp³-hybridized carbons (Fsp3) is 0.143. The fourth-order valence-electron chi connectivity index (χ4n) is 1.64. The molecule has 0 amide bonds. The van der Waals surface area contributed by atoms with E-state index in [1.165, 1.54) is 12.1 Å². The van der Waals surface area contributed by atoms with E-state index < -0.39 is 24.6 Å². The predicted octanol–water partition coefficient (Wildman–Crippen LogP) is 2.46. The van der Waals surface area contributed by atoms with Gasteiger partial charge in [0.15, 0.2) is 6.61 Å². The van der Waals surface area contributed by atoms with Crippen LogP contribution in [0.25, 0.3) is 11.3 Å². The molecular weight excluding hydrogens is 268 g/mol. The zero-order valence-corrected chi connectivity index (χ0v) is 10.3. The van der Waals surface area contributed by atoms with Gasteiger partial charge in [0, 0.05) is 5.69 Å². The first-order chi connectivity index (χ1) is 9.58. The molecule has 0 fully saturated rings. The lowest BCUT2D eigenvalue weighted by atomic mass is 10.1. The van der Waals surface area contributed by atoms with Gasteiger partial charge in [-0.1, -0.05) is 30.3 Å². The summed E-state index contributed by atoms with van der Waals surface area (Å²) in [6.07, 6.45) is -2.76. The number of benzene rings is 1. The number of nitrogens with one attached hydrogen (secondary N) is 1. The first-order valence-electron chi connectivity index (χ1n) is 5.82. The van der Waals surface area contributed by atoms with Crippen LogP contribution in [0.1, 0.15) is 10.4 Å². The third-order valence-corrected chi connectivity index (χ3v) is 2.55. The molecule has 6 heteroatoms. The van der Waals surface area contributed by atoms with Crippen molar-refractivity contribution in [2.24, 2.45) is 0 Å². The second-order valence-corrected chi connectivity index (χ2v) is 3.97. The SMILES string of the molecule is O=C(OCC(F)F)c1ccc(-c2ccccc2)[nH]c1=O. The molecule has 20 heavy (non-hydrogen) atoms. The van der Waals surface area contributed by atoms with Gasteiger partial charge in [-0.25, -0.2) is 13.6 Å². The van der Waals surface area contributed by atoms with Crippen molar-refractivity contribution in [1.29, 1.82) is 0 Å². The molecule has 1 aromatic carbocycles. The summed E-state index contributed by atoms with van der Waals surface area (Å²) in [5, 5.41) is 0. The number of carbonyl (C=O) groups is 1. The minimum Gasteiger partial charge on any atom is -0.456 e. The normalized spacial score (nSPS) is 10.6. The minimum absolute atomic E-state index is 0.301. The molecule has 0 bridgehead atoms. The van der Waals surface area contributed by atoms with E-state index in [2.05, 4.69) is 9.72 Å². The number of hydrogen-bond donors (Lipinski definition) is 1. The van der Waals surface area contributed by atoms with E-state index in [0.717, 1.165) is 5.56 Å². The lowest BCUT2D eigenvalue weighted by Gasteiger charge is -2.05. The van der Waals surface area contributed by atoms with Gasteiger partial charge in [0.05, 0.1) is 0 Å². The molecular formula is C14H11F2NO3. The summed E-state index contributed by atoms with van der Waals surface area (Å²) in [6.45, 7) is -1.03. The highest BCUT2D eigenvalue weighted by Gasteiger charge is 2.15. The maximum Gasteiger partial charge on any atom is 0.343 e. The lowest BCUT2D eigenvalue weighted by molar-refractivity contribution is 0.0158. The third-order valence-electron chi connectivity index (χ3n) is 2.55. The largest absolute Gasteiger partial charge is 0.456 e. The van der Waals surface area contributed by atoms with E-state index in [4.69, 9.17) is 0 Å². The molecule has 0 spiro atoms. The smallest absolute Gasteiger partial charge is 0.343 e. The summed E-state index contributed by atoms with van der Waals surface area (Å²) in [5.41, 5.74) is 0.328. The van der Waals surface area contributed by atoms with Crippen LogP contribution in [0, 0.1) is 0 Å². The van der Waals surface area contributed by atoms with Crippen LogP contribution in [0.2, 0.25) is 0 Å². The van der Waals surface area contributed by atoms with Gasteiger partial charge in [-0.05, 0) is 17.7 Å². The van der Waals surface area contributed by atoms with E-state index in [-0.39, 0.29) is 5.56 Å². The molecule has 1 heterocycles. The van der Waals surface area contributed by atoms with Crippen LogP contribution < -0.4 is 5.56 Å². The zero-order chi connectivity index (χ0) is 14.5. The Hall–Kier alpha value is -2.50. The van der Waals surface area contributed by atoms with Crippen molar-refractivity contribution < 1.29 is 18.3 Å². The number of carbonyl (C=O) groups excluding carboxylic acids is 1. The van der Waals surface area contributed by atoms with Crippen LogP contribution >= 0.6 is 0 Å². The molecule has 2 aromatic rings. The molecule has 0 aliphatic rings. The Balaban J connectivity index is 2.23. The Morgan fingerprint density at radius 1 is 1.15 bits per heavy atom. The summed E-state index contributed by atoms with van der Waals surface area (Å²) >= 11 is 0. The summed E-state index contributed by atoms with van der Waals surface area (Å²) in [7, 11) is 0. The monoisotopic (exact) mass is 279 g/mol. The highest BCUT2D eigenvalue weighted by atomic mass is 19.3. The minimum atomic E-state index is -2.76. The van der Waals surface area contributed by atoms with Crippen molar-refractivity contribution in [2.75, 3.05) is 6.61 Å². The molecule has 2 rings (SSSR count). The highest BCUT2D eigenvalue weighted by Crippen LogP contribution is 2.14. The van der Waals surface area contributed by atoms with Crippen molar-refractivity contribution in [3.63, 3.8) is 0 Å². The van der Waals surface area contributed by atoms with E-state index in [1.54, 1.807) is 24.3 Å². The van der Waals surface area contributed by atoms with Crippen LogP contribution in [0.5, 0.6) is 0 Å². The molecule has 0 radical (unpaired) electrons. The van der Waals surface area contributed by atoms with Gasteiger partial charge in [-0.3, -0.25) is 4.79 Å². The number of pyridine rings is 1. The Bertz CT molecular complexity index is 653. The van der Waals surface area contributed by atoms with Crippen LogP contribution in [-0.4, -0.2) is 24.0 Å². The molecule has 0 unspecified atom stereocenters. The molecule has 0 aliphatic carbocycles. The quantitative estimate of drug-likeness (QED) is 0.875. The number of aromatic nitrogens is 1. The van der Waals surface area contributed by atoms with Crippen LogP contribution in [0.4, 0.5) is 8.78 Å². The Morgan fingerprint density at radius 2 is 1.85 bits per heavy atom. The summed E-state index contributed by atoms with van der Waals surface area (Å²) < 4.78 is 28.2. The zero-order valence-electron chi connectivity index (χ0n) is 10.3. The van der Waals surface area contributed by atoms with E-state index in [1.807, 2.05) is 6.07 Å². The maximum absolute atomic E-state index is 11.9. The molecule has 1 aromatic heterocycles. The van der Waals surface area contributed by atoms with E-state index >= 15 is 0 Å². The number of H-pyrrole nitrogens is 1. The van der Waals surface area contributed by atoms with Crippen molar-refractivity contribution in [3.05, 3.63) is 58.4 Å². The third kappa shape index (κ3) is 3.28. The number of esters is 1. The molecule has 104 valence electrons. The standard InChI is InChI=1S/C14H11F2NO3/c15-12(16)8-20-14(19)10-6-7-11(17-13(10)18)9-4-2-1-3-5-9/h1-7,12H,8H2,(H,17,18). The van der Waals surface area contributed by atoms with Gasteiger partial charge in [0.1, 0.15) is 5.56 Å². The number of rotatable bonds is 4. The average molecular weight is 279 g/mol. The van der Waals surface area contributed by atoms with Crippen molar-refractivity contribution in [3.8, 4) is 11.3 Å². The van der Waals surface area contributed by atoms with Gasteiger partial charge in [-0.15, -0.1) is 0 Å². The Kier molecular flexibility index (Phi) is 4.24. The molecule has 0 saturated heterocycles. The van der Waals surface area contributed by atoms with Gasteiger partial charge in [-0.2, -0.15) is 0 Å². The number of ether oxygens (including phenoxy) is 1. The molecule has 0 aliphatic heterocycles. The number of alkyl halides is 2. The predicted molar refractivity (Wildman–Crippen MR) is 68.8 cm³/mol. The average Bonchev–Trinajstić information content (AvgIpc) is 2.45. The second kappa shape index (κ2) is 6.10. The van der Waals surface area contributed by atoms with Crippen LogP contribution in [0.3, 0.4) is 0 Å². The molecule has 0 saturated carbocycles. The summed E-state index contributed by atoms with van der Waals surface area (Å²) in [4.78, 5) is 25.7. The van der Waals surface area contributed by atoms with Crippen LogP contribution in [-0.2, 0) is 4.74 Å². The van der Waals surface area contributed by atoms with Gasteiger partial charge < -0.3 is 9.72 Å². The first kappa shape index (κ1) is 13.9. The number of hydrogen-bond acceptors (Lipinski definition) is 3. The number of aromatic amines is 1. The topological polar surface area (TPSA) is 59.2 Å². The Morgan fingerprint density at radius 3 is 2.45 bits per heavy atom. The fourth-order valence-corrected chi connectivity index (χ4v) is 1.64.